The maximum atomic E-state index is 11.5. The Bertz CT molecular complexity index is 549. The number of carbonyl (C=O) groups excluding carboxylic acids is 1. The molecule has 1 N–H and O–H groups in total. The average Bonchev–Trinajstić information content (AvgIpc) is 2.57. The third-order valence-electron chi connectivity index (χ3n) is 2.16. The molecule has 3 nitrogen and oxygen atoms in total. The molecule has 1 heterocycles. The first-order valence-corrected chi connectivity index (χ1v) is 6.77. The number of methoxy groups -OCH3 is 1. The molecule has 0 spiro atoms. The summed E-state index contributed by atoms with van der Waals surface area (Å²) in [6.07, 6.45) is 1.68. The van der Waals surface area contributed by atoms with Crippen LogP contribution in [0.25, 0.3) is 6.08 Å². The fraction of sp³-hybridized carbons (Fsp3) is 0.0909. The summed E-state index contributed by atoms with van der Waals surface area (Å²) in [6, 6.07) is 3.35. The summed E-state index contributed by atoms with van der Waals surface area (Å²) < 4.78 is 5.49. The highest BCUT2D eigenvalue weighted by atomic mass is 35.5. The number of carbonyl (C=O) groups is 1. The first kappa shape index (κ1) is 13.7. The van der Waals surface area contributed by atoms with Crippen molar-refractivity contribution >= 4 is 63.5 Å². The summed E-state index contributed by atoms with van der Waals surface area (Å²) in [5.74, 6) is 0.201. The Labute approximate surface area is 123 Å². The highest BCUT2D eigenvalue weighted by Gasteiger charge is 2.22. The zero-order chi connectivity index (χ0) is 13.3. The number of nitrogens with one attached hydrogen (secondary N) is 1. The molecule has 1 fully saturated rings. The van der Waals surface area contributed by atoms with E-state index in [1.165, 1.54) is 18.9 Å². The fourth-order valence-corrected chi connectivity index (χ4v) is 3.13. The Morgan fingerprint density at radius 3 is 2.44 bits per heavy atom. The maximum absolute atomic E-state index is 11.5. The van der Waals surface area contributed by atoms with E-state index in [1.54, 1.807) is 18.2 Å². The molecule has 0 bridgehead atoms. The number of thiocarbonyl (C=S) groups is 1. The van der Waals surface area contributed by atoms with Crippen molar-refractivity contribution in [1.29, 1.82) is 0 Å². The highest BCUT2D eigenvalue weighted by molar-refractivity contribution is 8.26. The van der Waals surface area contributed by atoms with Gasteiger partial charge in [0.1, 0.15) is 4.32 Å². The van der Waals surface area contributed by atoms with E-state index in [4.69, 9.17) is 40.2 Å². The first-order chi connectivity index (χ1) is 8.51. The molecule has 94 valence electrons. The van der Waals surface area contributed by atoms with E-state index in [2.05, 4.69) is 5.32 Å². The molecule has 2 rings (SSSR count). The van der Waals surface area contributed by atoms with Gasteiger partial charge in [0.2, 0.25) is 0 Å². The van der Waals surface area contributed by atoms with Gasteiger partial charge in [0.05, 0.1) is 22.1 Å². The summed E-state index contributed by atoms with van der Waals surface area (Å²) in [5.41, 5.74) is 0.716. The molecule has 1 aromatic carbocycles. The van der Waals surface area contributed by atoms with E-state index in [9.17, 15) is 4.79 Å². The minimum atomic E-state index is -0.215. The summed E-state index contributed by atoms with van der Waals surface area (Å²) in [5, 5.41) is 3.32. The fourth-order valence-electron chi connectivity index (χ4n) is 1.43. The summed E-state index contributed by atoms with van der Waals surface area (Å²) in [7, 11) is 1.49. The van der Waals surface area contributed by atoms with Gasteiger partial charge in [-0.25, -0.2) is 0 Å². The monoisotopic (exact) mass is 319 g/mol. The number of halogens is 2. The van der Waals surface area contributed by atoms with Crippen LogP contribution in [0.5, 0.6) is 5.75 Å². The number of ether oxygens (including phenoxy) is 1. The highest BCUT2D eigenvalue weighted by Crippen LogP contribution is 2.35. The van der Waals surface area contributed by atoms with E-state index >= 15 is 0 Å². The molecule has 1 aromatic rings. The number of rotatable bonds is 2. The van der Waals surface area contributed by atoms with Gasteiger partial charge in [0, 0.05) is 0 Å². The third-order valence-corrected chi connectivity index (χ3v) is 3.89. The molecule has 7 heteroatoms. The van der Waals surface area contributed by atoms with Gasteiger partial charge in [0.25, 0.3) is 5.91 Å². The molecule has 1 aliphatic heterocycles. The van der Waals surface area contributed by atoms with Crippen LogP contribution in [0.2, 0.25) is 10.0 Å². The summed E-state index contributed by atoms with van der Waals surface area (Å²) >= 11 is 18.1. The van der Waals surface area contributed by atoms with Gasteiger partial charge in [-0.3, -0.25) is 4.79 Å². The smallest absolute Gasteiger partial charge is 0.263 e. The molecule has 0 saturated carbocycles. The van der Waals surface area contributed by atoms with Crippen molar-refractivity contribution in [2.75, 3.05) is 7.11 Å². The number of thioether (sulfide) groups is 1. The van der Waals surface area contributed by atoms with Crippen molar-refractivity contribution in [1.82, 2.24) is 5.32 Å². The van der Waals surface area contributed by atoms with Crippen LogP contribution >= 0.6 is 47.2 Å². The molecule has 0 aliphatic carbocycles. The normalized spacial score (nSPS) is 17.2. The van der Waals surface area contributed by atoms with E-state index in [-0.39, 0.29) is 5.91 Å². The molecule has 1 saturated heterocycles. The molecule has 0 unspecified atom stereocenters. The lowest BCUT2D eigenvalue weighted by Crippen LogP contribution is -2.17. The minimum Gasteiger partial charge on any atom is -0.494 e. The lowest BCUT2D eigenvalue weighted by Gasteiger charge is -2.06. The summed E-state index contributed by atoms with van der Waals surface area (Å²) in [4.78, 5) is 12.0. The van der Waals surface area contributed by atoms with Crippen LogP contribution in [0.15, 0.2) is 17.0 Å². The van der Waals surface area contributed by atoms with Gasteiger partial charge >= 0.3 is 0 Å². The molecule has 0 aromatic heterocycles. The van der Waals surface area contributed by atoms with Gasteiger partial charge in [-0.1, -0.05) is 47.2 Å². The number of amides is 1. The predicted molar refractivity (Wildman–Crippen MR) is 79.3 cm³/mol. The van der Waals surface area contributed by atoms with Crippen molar-refractivity contribution in [3.05, 3.63) is 32.6 Å². The topological polar surface area (TPSA) is 38.3 Å². The second-order valence-electron chi connectivity index (χ2n) is 3.37. The van der Waals surface area contributed by atoms with Crippen LogP contribution in [0.4, 0.5) is 0 Å². The minimum absolute atomic E-state index is 0.215. The van der Waals surface area contributed by atoms with Gasteiger partial charge < -0.3 is 10.1 Å². The van der Waals surface area contributed by atoms with Crippen molar-refractivity contribution in [3.63, 3.8) is 0 Å². The third kappa shape index (κ3) is 2.80. The zero-order valence-corrected chi connectivity index (χ0v) is 12.3. The zero-order valence-electron chi connectivity index (χ0n) is 9.12. The predicted octanol–water partition coefficient (Wildman–Crippen LogP) is 3.49. The maximum Gasteiger partial charge on any atom is 0.263 e. The van der Waals surface area contributed by atoms with E-state index in [1.807, 2.05) is 0 Å². The molecular formula is C11H7Cl2NO2S2. The Morgan fingerprint density at radius 1 is 1.39 bits per heavy atom. The van der Waals surface area contributed by atoms with E-state index in [0.717, 1.165) is 0 Å². The van der Waals surface area contributed by atoms with Crippen LogP contribution in [0, 0.1) is 0 Å². The second-order valence-corrected chi connectivity index (χ2v) is 5.90. The van der Waals surface area contributed by atoms with Crippen molar-refractivity contribution in [3.8, 4) is 5.75 Å². The van der Waals surface area contributed by atoms with Crippen LogP contribution in [0.1, 0.15) is 5.56 Å². The van der Waals surface area contributed by atoms with Gasteiger partial charge in [0.15, 0.2) is 5.75 Å². The summed E-state index contributed by atoms with van der Waals surface area (Å²) in [6.45, 7) is 0. The van der Waals surface area contributed by atoms with Crippen LogP contribution in [-0.4, -0.2) is 17.3 Å². The quantitative estimate of drug-likeness (QED) is 0.669. The Morgan fingerprint density at radius 2 is 2.00 bits per heavy atom. The second kappa shape index (κ2) is 5.48. The number of benzene rings is 1. The van der Waals surface area contributed by atoms with Crippen LogP contribution in [0.3, 0.4) is 0 Å². The Kier molecular flexibility index (Phi) is 4.17. The first-order valence-electron chi connectivity index (χ1n) is 4.79. The van der Waals surface area contributed by atoms with E-state index < -0.39 is 0 Å². The molecule has 0 radical (unpaired) electrons. The van der Waals surface area contributed by atoms with Gasteiger partial charge in [-0.2, -0.15) is 0 Å². The van der Waals surface area contributed by atoms with Gasteiger partial charge in [-0.05, 0) is 23.8 Å². The van der Waals surface area contributed by atoms with Crippen LogP contribution < -0.4 is 10.1 Å². The average molecular weight is 320 g/mol. The van der Waals surface area contributed by atoms with Crippen LogP contribution in [-0.2, 0) is 4.79 Å². The number of hydrogen-bond acceptors (Lipinski definition) is 4. The van der Waals surface area contributed by atoms with E-state index in [0.29, 0.717) is 30.6 Å². The Balaban J connectivity index is 2.39. The molecule has 0 atom stereocenters. The van der Waals surface area contributed by atoms with Crippen molar-refractivity contribution in [2.45, 2.75) is 0 Å². The van der Waals surface area contributed by atoms with Crippen molar-refractivity contribution < 1.29 is 9.53 Å². The standard InChI is InChI=1S/C11H7Cl2NO2S2/c1-16-9-6(12)2-5(3-7(9)13)4-8-10(15)14-11(17)18-8/h2-4H,1H3,(H,14,15,17). The lowest BCUT2D eigenvalue weighted by atomic mass is 10.2. The molecular weight excluding hydrogens is 313 g/mol. The molecule has 18 heavy (non-hydrogen) atoms. The number of hydrogen-bond donors (Lipinski definition) is 1. The largest absolute Gasteiger partial charge is 0.494 e. The molecule has 1 aliphatic rings. The van der Waals surface area contributed by atoms with Gasteiger partial charge in [-0.15, -0.1) is 0 Å². The molecule has 1 amide bonds. The van der Waals surface area contributed by atoms with Crippen molar-refractivity contribution in [2.24, 2.45) is 0 Å². The Hall–Kier alpha value is -0.750. The SMILES string of the molecule is COc1c(Cl)cc(C=C2SC(=S)NC2=O)cc1Cl. The lowest BCUT2D eigenvalue weighted by molar-refractivity contribution is -0.115.